The number of nitrogens with zero attached hydrogens (tertiary/aromatic N) is 2. The molecule has 3 aromatic rings. The Kier molecular flexibility index (Phi) is 5.92. The van der Waals surface area contributed by atoms with Crippen molar-refractivity contribution in [2.45, 2.75) is 25.4 Å². The van der Waals surface area contributed by atoms with Gasteiger partial charge in [0.25, 0.3) is 5.91 Å². The quantitative estimate of drug-likeness (QED) is 0.658. The number of H-pyrrole nitrogens is 1. The zero-order valence-corrected chi connectivity index (χ0v) is 16.6. The van der Waals surface area contributed by atoms with Gasteiger partial charge in [0.05, 0.1) is 17.5 Å². The summed E-state index contributed by atoms with van der Waals surface area (Å²) < 4.78 is 14.1. The second-order valence-electron chi connectivity index (χ2n) is 7.29. The molecule has 5 nitrogen and oxygen atoms in total. The van der Waals surface area contributed by atoms with Gasteiger partial charge < -0.3 is 5.32 Å². The van der Waals surface area contributed by atoms with E-state index in [1.54, 1.807) is 18.2 Å². The van der Waals surface area contributed by atoms with Crippen molar-refractivity contribution in [2.75, 3.05) is 13.1 Å². The number of benzene rings is 2. The first-order chi connectivity index (χ1) is 14.1. The highest BCUT2D eigenvalue weighted by Gasteiger charge is 2.24. The summed E-state index contributed by atoms with van der Waals surface area (Å²) in [6.07, 6.45) is 3.19. The topological polar surface area (TPSA) is 61.0 Å². The highest BCUT2D eigenvalue weighted by Crippen LogP contribution is 2.24. The molecule has 0 bridgehead atoms. The molecule has 0 unspecified atom stereocenters. The summed E-state index contributed by atoms with van der Waals surface area (Å²) in [5.41, 5.74) is 2.33. The third-order valence-electron chi connectivity index (χ3n) is 5.27. The average molecular weight is 413 g/mol. The molecule has 7 heteroatoms. The molecule has 29 heavy (non-hydrogen) atoms. The largest absolute Gasteiger partial charge is 0.349 e. The molecular weight excluding hydrogens is 391 g/mol. The Bertz CT molecular complexity index is 980. The summed E-state index contributed by atoms with van der Waals surface area (Å²) >= 11 is 5.94. The van der Waals surface area contributed by atoms with Crippen LogP contribution in [0.15, 0.2) is 54.7 Å². The van der Waals surface area contributed by atoms with Gasteiger partial charge in [-0.15, -0.1) is 0 Å². The molecule has 0 saturated carbocycles. The minimum Gasteiger partial charge on any atom is -0.349 e. The number of hydrogen-bond donors (Lipinski definition) is 2. The molecule has 1 aromatic heterocycles. The minimum absolute atomic E-state index is 0.0901. The number of likely N-dealkylation sites (tertiary alicyclic amines) is 1. The van der Waals surface area contributed by atoms with Gasteiger partial charge in [-0.2, -0.15) is 5.10 Å². The maximum absolute atomic E-state index is 14.1. The molecule has 1 amide bonds. The number of halogens is 2. The van der Waals surface area contributed by atoms with E-state index in [2.05, 4.69) is 20.4 Å². The van der Waals surface area contributed by atoms with Crippen molar-refractivity contribution >= 4 is 17.5 Å². The van der Waals surface area contributed by atoms with Crippen molar-refractivity contribution in [3.8, 4) is 11.3 Å². The van der Waals surface area contributed by atoms with Crippen molar-refractivity contribution in [1.29, 1.82) is 0 Å². The Morgan fingerprint density at radius 1 is 1.17 bits per heavy atom. The fraction of sp³-hybridized carbons (Fsp3) is 0.273. The van der Waals surface area contributed by atoms with E-state index in [9.17, 15) is 9.18 Å². The summed E-state index contributed by atoms with van der Waals surface area (Å²) in [6.45, 7) is 2.68. The standard InChI is InChI=1S/C22H22ClFN4O/c23-16-7-5-15(6-8-16)14-28-11-9-17(10-12-28)26-22(29)19-13-25-27-21(19)18-3-1-2-4-20(18)24/h1-8,13,17H,9-12,14H2,(H,25,27)(H,26,29). The van der Waals surface area contributed by atoms with Crippen LogP contribution in [0.2, 0.25) is 5.02 Å². The predicted octanol–water partition coefficient (Wildman–Crippen LogP) is 4.26. The van der Waals surface area contributed by atoms with E-state index in [0.717, 1.165) is 37.5 Å². The van der Waals surface area contributed by atoms with Crippen molar-refractivity contribution in [1.82, 2.24) is 20.4 Å². The number of hydrogen-bond acceptors (Lipinski definition) is 3. The smallest absolute Gasteiger partial charge is 0.255 e. The van der Waals surface area contributed by atoms with Crippen LogP contribution in [0.3, 0.4) is 0 Å². The average Bonchev–Trinajstić information content (AvgIpc) is 3.21. The van der Waals surface area contributed by atoms with Gasteiger partial charge in [-0.3, -0.25) is 14.8 Å². The summed E-state index contributed by atoms with van der Waals surface area (Å²) in [4.78, 5) is 15.1. The Morgan fingerprint density at radius 3 is 2.62 bits per heavy atom. The molecule has 0 radical (unpaired) electrons. The van der Waals surface area contributed by atoms with Crippen LogP contribution in [0.5, 0.6) is 0 Å². The lowest BCUT2D eigenvalue weighted by Gasteiger charge is -2.32. The van der Waals surface area contributed by atoms with Crippen molar-refractivity contribution in [3.63, 3.8) is 0 Å². The van der Waals surface area contributed by atoms with E-state index in [4.69, 9.17) is 11.6 Å². The molecule has 1 fully saturated rings. The van der Waals surface area contributed by atoms with Crippen molar-refractivity contribution in [2.24, 2.45) is 0 Å². The molecule has 1 aliphatic rings. The summed E-state index contributed by atoms with van der Waals surface area (Å²) in [6, 6.07) is 14.3. The van der Waals surface area contributed by atoms with Gasteiger partial charge in [-0.25, -0.2) is 4.39 Å². The first kappa shape index (κ1) is 19.6. The van der Waals surface area contributed by atoms with Crippen molar-refractivity contribution in [3.05, 3.63) is 76.7 Å². The molecule has 150 valence electrons. The second kappa shape index (κ2) is 8.76. The monoisotopic (exact) mass is 412 g/mol. The Hall–Kier alpha value is -2.70. The van der Waals surface area contributed by atoms with Crippen LogP contribution in [-0.4, -0.2) is 40.1 Å². The highest BCUT2D eigenvalue weighted by molar-refractivity contribution is 6.30. The molecule has 2 N–H and O–H groups in total. The van der Waals surface area contributed by atoms with E-state index in [1.165, 1.54) is 17.8 Å². The third kappa shape index (κ3) is 4.66. The lowest BCUT2D eigenvalue weighted by Crippen LogP contribution is -2.44. The van der Waals surface area contributed by atoms with Gasteiger partial charge in [0, 0.05) is 36.3 Å². The van der Waals surface area contributed by atoms with Gasteiger partial charge in [0.15, 0.2) is 0 Å². The zero-order chi connectivity index (χ0) is 20.2. The van der Waals surface area contributed by atoms with Crippen LogP contribution in [-0.2, 0) is 6.54 Å². The van der Waals surface area contributed by atoms with Crippen LogP contribution in [0.4, 0.5) is 4.39 Å². The van der Waals surface area contributed by atoms with Crippen LogP contribution in [0.1, 0.15) is 28.8 Å². The fourth-order valence-corrected chi connectivity index (χ4v) is 3.80. The second-order valence-corrected chi connectivity index (χ2v) is 7.73. The van der Waals surface area contributed by atoms with Crippen LogP contribution >= 0.6 is 11.6 Å². The molecule has 0 spiro atoms. The maximum atomic E-state index is 14.1. The van der Waals surface area contributed by atoms with E-state index < -0.39 is 0 Å². The van der Waals surface area contributed by atoms with E-state index >= 15 is 0 Å². The number of carbonyl (C=O) groups is 1. The molecule has 0 atom stereocenters. The van der Waals surface area contributed by atoms with Gasteiger partial charge in [0.2, 0.25) is 0 Å². The number of nitrogens with one attached hydrogen (secondary N) is 2. The van der Waals surface area contributed by atoms with E-state index in [-0.39, 0.29) is 17.8 Å². The number of piperidine rings is 1. The first-order valence-corrected chi connectivity index (χ1v) is 10.0. The van der Waals surface area contributed by atoms with E-state index in [0.29, 0.717) is 16.8 Å². The molecule has 1 aliphatic heterocycles. The molecule has 4 rings (SSSR count). The molecule has 2 aromatic carbocycles. The molecule has 0 aliphatic carbocycles. The molecular formula is C22H22ClFN4O. The van der Waals surface area contributed by atoms with E-state index in [1.807, 2.05) is 24.3 Å². The first-order valence-electron chi connectivity index (χ1n) is 9.66. The number of carbonyl (C=O) groups excluding carboxylic acids is 1. The highest BCUT2D eigenvalue weighted by atomic mass is 35.5. The summed E-state index contributed by atoms with van der Waals surface area (Å²) in [7, 11) is 0. The van der Waals surface area contributed by atoms with Gasteiger partial charge in [-0.1, -0.05) is 35.9 Å². The normalized spacial score (nSPS) is 15.4. The van der Waals surface area contributed by atoms with Crippen molar-refractivity contribution < 1.29 is 9.18 Å². The Labute approximate surface area is 173 Å². The summed E-state index contributed by atoms with van der Waals surface area (Å²) in [5, 5.41) is 10.5. The van der Waals surface area contributed by atoms with Crippen LogP contribution in [0, 0.1) is 5.82 Å². The van der Waals surface area contributed by atoms with Gasteiger partial charge >= 0.3 is 0 Å². The lowest BCUT2D eigenvalue weighted by molar-refractivity contribution is 0.0909. The molecule has 2 heterocycles. The van der Waals surface area contributed by atoms with Crippen LogP contribution in [0.25, 0.3) is 11.3 Å². The third-order valence-corrected chi connectivity index (χ3v) is 5.52. The summed E-state index contributed by atoms with van der Waals surface area (Å²) in [5.74, 6) is -0.616. The Balaban J connectivity index is 1.34. The molecule has 1 saturated heterocycles. The predicted molar refractivity (Wildman–Crippen MR) is 111 cm³/mol. The van der Waals surface area contributed by atoms with Gasteiger partial charge in [-0.05, 0) is 42.7 Å². The fourth-order valence-electron chi connectivity index (χ4n) is 3.67. The lowest BCUT2D eigenvalue weighted by atomic mass is 10.0. The Morgan fingerprint density at radius 2 is 1.90 bits per heavy atom. The zero-order valence-electron chi connectivity index (χ0n) is 15.9. The number of aromatic nitrogens is 2. The maximum Gasteiger partial charge on any atom is 0.255 e. The number of amides is 1. The number of rotatable bonds is 5. The minimum atomic E-state index is -0.388. The SMILES string of the molecule is O=C(NC1CCN(Cc2ccc(Cl)cc2)CC1)c1cn[nH]c1-c1ccccc1F. The number of aromatic amines is 1. The van der Waals surface area contributed by atoms with Crippen LogP contribution < -0.4 is 5.32 Å². The van der Waals surface area contributed by atoms with Gasteiger partial charge in [0.1, 0.15) is 5.82 Å².